The molecule has 0 amide bonds. The highest BCUT2D eigenvalue weighted by Gasteiger charge is 2.12. The normalized spacial score (nSPS) is 10.0. The number of carboxylic acid groups (broad SMARTS) is 1. The number of anilines is 2. The molecule has 2 rings (SSSR count). The number of nitriles is 1. The van der Waals surface area contributed by atoms with Crippen molar-refractivity contribution in [3.8, 4) is 6.07 Å². The van der Waals surface area contributed by atoms with E-state index in [1.54, 1.807) is 6.07 Å². The van der Waals surface area contributed by atoms with Crippen molar-refractivity contribution in [3.63, 3.8) is 0 Å². The Morgan fingerprint density at radius 2 is 2.25 bits per heavy atom. The zero-order chi connectivity index (χ0) is 14.5. The molecule has 20 heavy (non-hydrogen) atoms. The van der Waals surface area contributed by atoms with Crippen LogP contribution in [0.15, 0.2) is 29.6 Å². The number of hydrogen-bond donors (Lipinski definition) is 1. The van der Waals surface area contributed by atoms with Gasteiger partial charge in [-0.2, -0.15) is 5.26 Å². The summed E-state index contributed by atoms with van der Waals surface area (Å²) >= 11 is 1.44. The van der Waals surface area contributed by atoms with E-state index < -0.39 is 5.97 Å². The fraction of sp³-hybridized carbons (Fsp3) is 0.214. The molecular formula is C14H13N3O2S. The van der Waals surface area contributed by atoms with Crippen LogP contribution in [0.5, 0.6) is 0 Å². The molecule has 0 aliphatic heterocycles. The fourth-order valence-corrected chi connectivity index (χ4v) is 2.60. The Hall–Kier alpha value is -2.39. The number of carbonyl (C=O) groups is 1. The Morgan fingerprint density at radius 3 is 2.95 bits per heavy atom. The second-order valence-corrected chi connectivity index (χ2v) is 5.04. The Morgan fingerprint density at radius 1 is 1.50 bits per heavy atom. The second-order valence-electron chi connectivity index (χ2n) is 4.20. The number of aliphatic carboxylic acids is 1. The molecule has 1 N–H and O–H groups in total. The molecule has 0 unspecified atom stereocenters. The monoisotopic (exact) mass is 287 g/mol. The Labute approximate surface area is 120 Å². The molecule has 102 valence electrons. The highest BCUT2D eigenvalue weighted by Crippen LogP contribution is 2.29. The molecule has 0 aliphatic rings. The second kappa shape index (κ2) is 6.17. The summed E-state index contributed by atoms with van der Waals surface area (Å²) in [6.07, 6.45) is 0.487. The first-order valence-electron chi connectivity index (χ1n) is 6.01. The van der Waals surface area contributed by atoms with Gasteiger partial charge in [0.1, 0.15) is 6.07 Å². The van der Waals surface area contributed by atoms with Gasteiger partial charge in [0, 0.05) is 18.8 Å². The van der Waals surface area contributed by atoms with Gasteiger partial charge in [-0.05, 0) is 12.1 Å². The predicted molar refractivity (Wildman–Crippen MR) is 77.3 cm³/mol. The first-order valence-corrected chi connectivity index (χ1v) is 6.89. The molecular weight excluding hydrogens is 274 g/mol. The van der Waals surface area contributed by atoms with Crippen LogP contribution >= 0.6 is 11.3 Å². The number of thiazole rings is 1. The van der Waals surface area contributed by atoms with Crippen LogP contribution in [0.25, 0.3) is 0 Å². The zero-order valence-corrected chi connectivity index (χ0v) is 11.7. The maximum atomic E-state index is 10.5. The van der Waals surface area contributed by atoms with E-state index in [-0.39, 0.29) is 6.42 Å². The summed E-state index contributed by atoms with van der Waals surface area (Å²) in [6.45, 7) is 0. The highest BCUT2D eigenvalue weighted by molar-refractivity contribution is 7.13. The maximum absolute atomic E-state index is 10.5. The van der Waals surface area contributed by atoms with Crippen LogP contribution in [0.2, 0.25) is 0 Å². The maximum Gasteiger partial charge on any atom is 0.303 e. The summed E-state index contributed by atoms with van der Waals surface area (Å²) in [5.74, 6) is -0.831. The number of carboxylic acids is 1. The number of para-hydroxylation sites is 1. The fourth-order valence-electron chi connectivity index (χ4n) is 1.76. The average Bonchev–Trinajstić information content (AvgIpc) is 2.93. The van der Waals surface area contributed by atoms with Crippen molar-refractivity contribution in [2.24, 2.45) is 0 Å². The first-order chi connectivity index (χ1) is 9.61. The molecule has 2 aromatic rings. The molecule has 0 bridgehead atoms. The van der Waals surface area contributed by atoms with E-state index in [4.69, 9.17) is 10.4 Å². The van der Waals surface area contributed by atoms with Crippen molar-refractivity contribution >= 4 is 28.1 Å². The Kier molecular flexibility index (Phi) is 4.33. The largest absolute Gasteiger partial charge is 0.481 e. The quantitative estimate of drug-likeness (QED) is 0.915. The van der Waals surface area contributed by atoms with E-state index in [9.17, 15) is 4.79 Å². The SMILES string of the molecule is CN(c1nc(CCC(=O)O)cs1)c1ccccc1C#N. The van der Waals surface area contributed by atoms with Crippen LogP contribution in [0.1, 0.15) is 17.7 Å². The van der Waals surface area contributed by atoms with Gasteiger partial charge >= 0.3 is 5.97 Å². The number of benzene rings is 1. The van der Waals surface area contributed by atoms with Crippen molar-refractivity contribution in [1.29, 1.82) is 5.26 Å². The third-order valence-corrected chi connectivity index (χ3v) is 3.77. The summed E-state index contributed by atoms with van der Waals surface area (Å²) in [5.41, 5.74) is 2.13. The van der Waals surface area contributed by atoms with E-state index in [0.717, 1.165) is 16.5 Å². The van der Waals surface area contributed by atoms with Crippen molar-refractivity contribution < 1.29 is 9.90 Å². The minimum absolute atomic E-state index is 0.0711. The Bertz CT molecular complexity index is 660. The molecule has 5 nitrogen and oxygen atoms in total. The van der Waals surface area contributed by atoms with Crippen molar-refractivity contribution in [2.45, 2.75) is 12.8 Å². The van der Waals surface area contributed by atoms with Crippen LogP contribution in [0.4, 0.5) is 10.8 Å². The molecule has 1 heterocycles. The highest BCUT2D eigenvalue weighted by atomic mass is 32.1. The number of hydrogen-bond acceptors (Lipinski definition) is 5. The lowest BCUT2D eigenvalue weighted by atomic mass is 10.2. The summed E-state index contributed by atoms with van der Waals surface area (Å²) in [4.78, 5) is 16.8. The predicted octanol–water partition coefficient (Wildman–Crippen LogP) is 2.80. The molecule has 0 saturated carbocycles. The lowest BCUT2D eigenvalue weighted by molar-refractivity contribution is -0.136. The lowest BCUT2D eigenvalue weighted by Gasteiger charge is -2.16. The van der Waals surface area contributed by atoms with E-state index >= 15 is 0 Å². The van der Waals surface area contributed by atoms with Gasteiger partial charge in [-0.15, -0.1) is 11.3 Å². The molecule has 6 heteroatoms. The van der Waals surface area contributed by atoms with Gasteiger partial charge in [-0.3, -0.25) is 4.79 Å². The molecule has 0 atom stereocenters. The summed E-state index contributed by atoms with van der Waals surface area (Å²) in [6, 6.07) is 9.45. The van der Waals surface area contributed by atoms with Crippen LogP contribution in [0.3, 0.4) is 0 Å². The van der Waals surface area contributed by atoms with Crippen molar-refractivity contribution in [2.75, 3.05) is 11.9 Å². The van der Waals surface area contributed by atoms with Crippen LogP contribution < -0.4 is 4.90 Å². The van der Waals surface area contributed by atoms with Gasteiger partial charge in [0.15, 0.2) is 5.13 Å². The third kappa shape index (κ3) is 3.13. The first kappa shape index (κ1) is 14.0. The lowest BCUT2D eigenvalue weighted by Crippen LogP contribution is -2.10. The third-order valence-electron chi connectivity index (χ3n) is 2.81. The van der Waals surface area contributed by atoms with Crippen molar-refractivity contribution in [1.82, 2.24) is 4.98 Å². The summed E-state index contributed by atoms with van der Waals surface area (Å²) in [7, 11) is 1.84. The van der Waals surface area contributed by atoms with Gasteiger partial charge in [0.2, 0.25) is 0 Å². The van der Waals surface area contributed by atoms with E-state index in [1.807, 2.05) is 35.5 Å². The van der Waals surface area contributed by atoms with Gasteiger partial charge in [0.25, 0.3) is 0 Å². The summed E-state index contributed by atoms with van der Waals surface area (Å²) < 4.78 is 0. The molecule has 0 radical (unpaired) electrons. The minimum Gasteiger partial charge on any atom is -0.481 e. The number of aryl methyl sites for hydroxylation is 1. The van der Waals surface area contributed by atoms with Crippen LogP contribution in [0, 0.1) is 11.3 Å². The molecule has 0 aliphatic carbocycles. The summed E-state index contributed by atoms with van der Waals surface area (Å²) in [5, 5.41) is 20.4. The van der Waals surface area contributed by atoms with E-state index in [1.165, 1.54) is 11.3 Å². The van der Waals surface area contributed by atoms with Crippen LogP contribution in [-0.4, -0.2) is 23.1 Å². The minimum atomic E-state index is -0.831. The van der Waals surface area contributed by atoms with Gasteiger partial charge in [0.05, 0.1) is 23.4 Å². The molecule has 0 spiro atoms. The molecule has 1 aromatic carbocycles. The number of rotatable bonds is 5. The van der Waals surface area contributed by atoms with E-state index in [0.29, 0.717) is 12.0 Å². The molecule has 1 aromatic heterocycles. The smallest absolute Gasteiger partial charge is 0.303 e. The number of aromatic nitrogens is 1. The van der Waals surface area contributed by atoms with Gasteiger partial charge in [-0.1, -0.05) is 12.1 Å². The molecule has 0 saturated heterocycles. The van der Waals surface area contributed by atoms with Gasteiger partial charge in [-0.25, -0.2) is 4.98 Å². The topological polar surface area (TPSA) is 77.2 Å². The van der Waals surface area contributed by atoms with Crippen molar-refractivity contribution in [3.05, 3.63) is 40.9 Å². The van der Waals surface area contributed by atoms with Gasteiger partial charge < -0.3 is 10.0 Å². The average molecular weight is 287 g/mol. The zero-order valence-electron chi connectivity index (χ0n) is 10.9. The van der Waals surface area contributed by atoms with Crippen LogP contribution in [-0.2, 0) is 11.2 Å². The standard InChI is InChI=1S/C14H13N3O2S/c1-17(12-5-3-2-4-10(12)8-15)14-16-11(9-20-14)6-7-13(18)19/h2-5,9H,6-7H2,1H3,(H,18,19). The number of nitrogens with zero attached hydrogens (tertiary/aromatic N) is 3. The van der Waals surface area contributed by atoms with E-state index in [2.05, 4.69) is 11.1 Å². The molecule has 0 fully saturated rings. The Balaban J connectivity index is 2.19.